The molecule has 0 saturated carbocycles. The first-order valence-electron chi connectivity index (χ1n) is 7.81. The lowest BCUT2D eigenvalue weighted by atomic mass is 9.85. The van der Waals surface area contributed by atoms with Gasteiger partial charge in [0.25, 0.3) is 0 Å². The summed E-state index contributed by atoms with van der Waals surface area (Å²) in [7, 11) is 0. The van der Waals surface area contributed by atoms with Gasteiger partial charge in [0.05, 0.1) is 0 Å². The van der Waals surface area contributed by atoms with E-state index in [1.165, 1.54) is 37.9 Å². The fourth-order valence-electron chi connectivity index (χ4n) is 3.39. The van der Waals surface area contributed by atoms with Crippen molar-refractivity contribution in [2.75, 3.05) is 19.6 Å². The third-order valence-electron chi connectivity index (χ3n) is 4.28. The first-order chi connectivity index (χ1) is 9.61. The second kappa shape index (κ2) is 7.58. The summed E-state index contributed by atoms with van der Waals surface area (Å²) in [6.45, 7) is 7.78. The minimum atomic E-state index is 0.460. The van der Waals surface area contributed by atoms with Crippen molar-refractivity contribution in [3.63, 3.8) is 0 Å². The lowest BCUT2D eigenvalue weighted by Gasteiger charge is -2.41. The number of halogens is 1. The molecule has 1 aromatic carbocycles. The van der Waals surface area contributed by atoms with Crippen LogP contribution in [0.15, 0.2) is 28.7 Å². The molecular weight excluding hydrogens is 312 g/mol. The fraction of sp³-hybridized carbons (Fsp3) is 0.647. The molecule has 2 unspecified atom stereocenters. The molecule has 0 aliphatic carbocycles. The molecule has 2 atom stereocenters. The van der Waals surface area contributed by atoms with Gasteiger partial charge in [-0.1, -0.05) is 48.3 Å². The molecule has 3 heteroatoms. The Labute approximate surface area is 131 Å². The average Bonchev–Trinajstić information content (AvgIpc) is 2.43. The van der Waals surface area contributed by atoms with Crippen molar-refractivity contribution in [2.45, 2.75) is 45.1 Å². The van der Waals surface area contributed by atoms with Crippen LogP contribution in [0.1, 0.15) is 44.6 Å². The molecule has 2 nitrogen and oxygen atoms in total. The molecule has 0 amide bonds. The molecule has 0 radical (unpaired) electrons. The minimum absolute atomic E-state index is 0.460. The Morgan fingerprint density at radius 3 is 2.55 bits per heavy atom. The van der Waals surface area contributed by atoms with Crippen molar-refractivity contribution < 1.29 is 0 Å². The van der Waals surface area contributed by atoms with E-state index in [0.717, 1.165) is 16.9 Å². The summed E-state index contributed by atoms with van der Waals surface area (Å²) < 4.78 is 1.14. The number of nitrogens with zero attached hydrogens (tertiary/aromatic N) is 1. The first-order valence-corrected chi connectivity index (χ1v) is 8.60. The third kappa shape index (κ3) is 4.06. The van der Waals surface area contributed by atoms with E-state index in [-0.39, 0.29) is 0 Å². The van der Waals surface area contributed by atoms with Crippen LogP contribution in [0.5, 0.6) is 0 Å². The van der Waals surface area contributed by atoms with Gasteiger partial charge in [-0.2, -0.15) is 0 Å². The molecule has 0 aromatic heterocycles. The van der Waals surface area contributed by atoms with Gasteiger partial charge in [-0.15, -0.1) is 0 Å². The van der Waals surface area contributed by atoms with Crippen LogP contribution in [0.4, 0.5) is 0 Å². The molecule has 2 rings (SSSR count). The van der Waals surface area contributed by atoms with Gasteiger partial charge in [-0.25, -0.2) is 0 Å². The maximum Gasteiger partial charge on any atom is 0.0176 e. The van der Waals surface area contributed by atoms with E-state index in [9.17, 15) is 0 Å². The molecule has 2 N–H and O–H groups in total. The van der Waals surface area contributed by atoms with Crippen LogP contribution in [0.3, 0.4) is 0 Å². The standard InChI is InChI=1S/C17H27BrN2/c1-13(2)12-20-10-4-3-5-17(20)16(11-19)14-6-8-15(18)9-7-14/h6-9,13,16-17H,3-5,10-12,19H2,1-2H3. The van der Waals surface area contributed by atoms with Crippen molar-refractivity contribution in [1.29, 1.82) is 0 Å². The molecule has 1 heterocycles. The molecule has 1 aromatic rings. The Bertz CT molecular complexity index is 402. The number of likely N-dealkylation sites (tertiary alicyclic amines) is 1. The summed E-state index contributed by atoms with van der Waals surface area (Å²) in [5, 5.41) is 0. The molecule has 1 fully saturated rings. The third-order valence-corrected chi connectivity index (χ3v) is 4.81. The average molecular weight is 339 g/mol. The zero-order valence-corrected chi connectivity index (χ0v) is 14.3. The topological polar surface area (TPSA) is 29.3 Å². The van der Waals surface area contributed by atoms with Crippen LogP contribution in [-0.2, 0) is 0 Å². The highest BCUT2D eigenvalue weighted by atomic mass is 79.9. The van der Waals surface area contributed by atoms with Crippen LogP contribution in [0, 0.1) is 5.92 Å². The molecule has 1 aliphatic heterocycles. The van der Waals surface area contributed by atoms with Gasteiger partial charge in [-0.05, 0) is 43.0 Å². The first kappa shape index (κ1) is 16.0. The molecule has 1 saturated heterocycles. The van der Waals surface area contributed by atoms with Gasteiger partial charge < -0.3 is 5.73 Å². The molecule has 0 spiro atoms. The number of hydrogen-bond acceptors (Lipinski definition) is 2. The fourth-order valence-corrected chi connectivity index (χ4v) is 3.66. The Hall–Kier alpha value is -0.380. The SMILES string of the molecule is CC(C)CN1CCCCC1C(CN)c1ccc(Br)cc1. The summed E-state index contributed by atoms with van der Waals surface area (Å²) in [5.74, 6) is 1.18. The lowest BCUT2D eigenvalue weighted by molar-refractivity contribution is 0.112. The second-order valence-corrected chi connectivity index (χ2v) is 7.26. The smallest absolute Gasteiger partial charge is 0.0176 e. The van der Waals surface area contributed by atoms with Crippen molar-refractivity contribution in [3.05, 3.63) is 34.3 Å². The van der Waals surface area contributed by atoms with Crippen molar-refractivity contribution in [3.8, 4) is 0 Å². The van der Waals surface area contributed by atoms with Gasteiger partial charge in [0.1, 0.15) is 0 Å². The monoisotopic (exact) mass is 338 g/mol. The summed E-state index contributed by atoms with van der Waals surface area (Å²) in [6, 6.07) is 9.33. The highest BCUT2D eigenvalue weighted by molar-refractivity contribution is 9.10. The number of nitrogens with two attached hydrogens (primary N) is 1. The molecule has 0 bridgehead atoms. The van der Waals surface area contributed by atoms with Gasteiger partial charge in [0.15, 0.2) is 0 Å². The molecular formula is C17H27BrN2. The number of piperidine rings is 1. The van der Waals surface area contributed by atoms with Crippen LogP contribution < -0.4 is 5.73 Å². The van der Waals surface area contributed by atoms with E-state index in [4.69, 9.17) is 5.73 Å². The number of rotatable bonds is 5. The van der Waals surface area contributed by atoms with Crippen LogP contribution >= 0.6 is 15.9 Å². The maximum atomic E-state index is 6.13. The van der Waals surface area contributed by atoms with Crippen molar-refractivity contribution in [1.82, 2.24) is 4.90 Å². The second-order valence-electron chi connectivity index (χ2n) is 6.35. The normalized spacial score (nSPS) is 22.1. The van der Waals surface area contributed by atoms with Crippen molar-refractivity contribution >= 4 is 15.9 Å². The van der Waals surface area contributed by atoms with Gasteiger partial charge in [-0.3, -0.25) is 4.90 Å². The Kier molecular flexibility index (Phi) is 6.06. The maximum absolute atomic E-state index is 6.13. The summed E-state index contributed by atoms with van der Waals surface area (Å²) in [6.07, 6.45) is 3.96. The molecule has 20 heavy (non-hydrogen) atoms. The largest absolute Gasteiger partial charge is 0.330 e. The zero-order valence-electron chi connectivity index (χ0n) is 12.7. The van der Waals surface area contributed by atoms with E-state index >= 15 is 0 Å². The van der Waals surface area contributed by atoms with E-state index in [2.05, 4.69) is 58.9 Å². The molecule has 112 valence electrons. The Balaban J connectivity index is 2.16. The lowest BCUT2D eigenvalue weighted by Crippen LogP contribution is -2.46. The van der Waals surface area contributed by atoms with Crippen molar-refractivity contribution in [2.24, 2.45) is 11.7 Å². The summed E-state index contributed by atoms with van der Waals surface area (Å²) in [5.41, 5.74) is 7.51. The van der Waals surface area contributed by atoms with Gasteiger partial charge >= 0.3 is 0 Å². The number of hydrogen-bond donors (Lipinski definition) is 1. The summed E-state index contributed by atoms with van der Waals surface area (Å²) >= 11 is 3.52. The van der Waals surface area contributed by atoms with Gasteiger partial charge in [0.2, 0.25) is 0 Å². The number of benzene rings is 1. The minimum Gasteiger partial charge on any atom is -0.330 e. The highest BCUT2D eigenvalue weighted by Crippen LogP contribution is 2.31. The summed E-state index contributed by atoms with van der Waals surface area (Å²) in [4.78, 5) is 2.67. The van der Waals surface area contributed by atoms with E-state index in [0.29, 0.717) is 12.0 Å². The molecule has 1 aliphatic rings. The quantitative estimate of drug-likeness (QED) is 0.878. The van der Waals surface area contributed by atoms with Crippen LogP contribution in [-0.4, -0.2) is 30.6 Å². The van der Waals surface area contributed by atoms with Crippen LogP contribution in [0.25, 0.3) is 0 Å². The Morgan fingerprint density at radius 2 is 1.95 bits per heavy atom. The predicted molar refractivity (Wildman–Crippen MR) is 90.0 cm³/mol. The predicted octanol–water partition coefficient (Wildman–Crippen LogP) is 4.00. The van der Waals surface area contributed by atoms with E-state index < -0.39 is 0 Å². The zero-order chi connectivity index (χ0) is 14.5. The Morgan fingerprint density at radius 1 is 1.25 bits per heavy atom. The van der Waals surface area contributed by atoms with E-state index in [1.54, 1.807) is 0 Å². The van der Waals surface area contributed by atoms with E-state index in [1.807, 2.05) is 0 Å². The highest BCUT2D eigenvalue weighted by Gasteiger charge is 2.30. The van der Waals surface area contributed by atoms with Gasteiger partial charge in [0, 0.05) is 29.5 Å². The van der Waals surface area contributed by atoms with Crippen LogP contribution in [0.2, 0.25) is 0 Å².